The van der Waals surface area contributed by atoms with Crippen molar-refractivity contribution < 1.29 is 24.1 Å². The van der Waals surface area contributed by atoms with Crippen LogP contribution in [0, 0.1) is 0 Å². The second-order valence-corrected chi connectivity index (χ2v) is 11.8. The molecular formula is C32H41N7O5. The van der Waals surface area contributed by atoms with E-state index in [9.17, 15) is 9.90 Å². The quantitative estimate of drug-likeness (QED) is 0.325. The summed E-state index contributed by atoms with van der Waals surface area (Å²) in [6.45, 7) is 10.2. The van der Waals surface area contributed by atoms with E-state index in [1.165, 1.54) is 4.68 Å². The van der Waals surface area contributed by atoms with E-state index in [2.05, 4.69) is 40.2 Å². The molecule has 0 amide bonds. The van der Waals surface area contributed by atoms with Crippen LogP contribution in [0.2, 0.25) is 0 Å². The van der Waals surface area contributed by atoms with Crippen LogP contribution in [-0.2, 0) is 29.7 Å². The van der Waals surface area contributed by atoms with E-state index in [1.807, 2.05) is 50.8 Å². The highest BCUT2D eigenvalue weighted by atomic mass is 16.5. The molecule has 1 N–H and O–H groups in total. The summed E-state index contributed by atoms with van der Waals surface area (Å²) in [7, 11) is 1.88. The first kappa shape index (κ1) is 29.9. The molecule has 234 valence electrons. The van der Waals surface area contributed by atoms with Gasteiger partial charge in [0, 0.05) is 32.1 Å². The van der Waals surface area contributed by atoms with Gasteiger partial charge in [-0.15, -0.1) is 5.10 Å². The van der Waals surface area contributed by atoms with Gasteiger partial charge >= 0.3 is 5.97 Å². The summed E-state index contributed by atoms with van der Waals surface area (Å²) in [5.41, 5.74) is 5.12. The average Bonchev–Trinajstić information content (AvgIpc) is 3.63. The molecule has 0 saturated carbocycles. The fourth-order valence-corrected chi connectivity index (χ4v) is 6.02. The highest BCUT2D eigenvalue weighted by Gasteiger charge is 2.26. The standard InChI is InChI=1S/C32H41N7O5/c1-6-37-17-21(4)44-32-25(16-33-36(32)5)22-10-13-27-24(15-22)26(34-39(27)29-9-7-8-14-42-29)12-11-23-28(18-37)38(19-30(40)41)35-31(23)43-20(2)3/h10-13,15-16,20-21,29H,6-9,14,17-19H2,1-5H3,(H,40,41)/b12-11+/t21-,29?/m0/s1. The Labute approximate surface area is 256 Å². The zero-order valence-electron chi connectivity index (χ0n) is 26.1. The van der Waals surface area contributed by atoms with Crippen molar-refractivity contribution in [2.45, 2.75) is 78.5 Å². The molecule has 12 heteroatoms. The summed E-state index contributed by atoms with van der Waals surface area (Å²) in [6, 6.07) is 6.31. The van der Waals surface area contributed by atoms with E-state index in [0.29, 0.717) is 31.5 Å². The van der Waals surface area contributed by atoms with Crippen molar-refractivity contribution in [2.75, 3.05) is 19.7 Å². The van der Waals surface area contributed by atoms with Crippen LogP contribution in [0.25, 0.3) is 34.2 Å². The van der Waals surface area contributed by atoms with Crippen LogP contribution in [0.1, 0.15) is 70.1 Å². The number of rotatable bonds is 6. The van der Waals surface area contributed by atoms with Gasteiger partial charge in [-0.2, -0.15) is 10.2 Å². The minimum Gasteiger partial charge on any atom is -0.480 e. The molecule has 1 aromatic carbocycles. The van der Waals surface area contributed by atoms with E-state index < -0.39 is 5.97 Å². The molecule has 5 heterocycles. The van der Waals surface area contributed by atoms with Crippen LogP contribution in [0.3, 0.4) is 0 Å². The lowest BCUT2D eigenvalue weighted by atomic mass is 10.0. The highest BCUT2D eigenvalue weighted by Crippen LogP contribution is 2.36. The first-order valence-electron chi connectivity index (χ1n) is 15.4. The summed E-state index contributed by atoms with van der Waals surface area (Å²) >= 11 is 0. The van der Waals surface area contributed by atoms with Gasteiger partial charge in [-0.05, 0) is 76.4 Å². The van der Waals surface area contributed by atoms with Crippen LogP contribution in [0.15, 0.2) is 24.4 Å². The van der Waals surface area contributed by atoms with Crippen molar-refractivity contribution in [1.82, 2.24) is 34.2 Å². The fourth-order valence-electron chi connectivity index (χ4n) is 6.02. The molecule has 0 spiro atoms. The molecule has 1 fully saturated rings. The molecule has 1 saturated heterocycles. The first-order chi connectivity index (χ1) is 21.2. The molecule has 6 rings (SSSR count). The van der Waals surface area contributed by atoms with E-state index in [1.54, 1.807) is 4.68 Å². The summed E-state index contributed by atoms with van der Waals surface area (Å²) in [5, 5.41) is 25.0. The van der Waals surface area contributed by atoms with Gasteiger partial charge in [0.2, 0.25) is 11.8 Å². The normalized spacial score (nSPS) is 20.1. The zero-order valence-corrected chi connectivity index (χ0v) is 26.1. The number of hydrogen-bond donors (Lipinski definition) is 1. The van der Waals surface area contributed by atoms with Gasteiger partial charge in [0.05, 0.1) is 40.3 Å². The Morgan fingerprint density at radius 2 is 2.05 bits per heavy atom. The summed E-state index contributed by atoms with van der Waals surface area (Å²) < 4.78 is 24.1. The first-order valence-corrected chi connectivity index (χ1v) is 15.4. The van der Waals surface area contributed by atoms with Crippen molar-refractivity contribution in [3.63, 3.8) is 0 Å². The number of fused-ring (bicyclic) bond motifs is 4. The Morgan fingerprint density at radius 3 is 2.77 bits per heavy atom. The number of carbonyl (C=O) groups is 1. The summed E-state index contributed by atoms with van der Waals surface area (Å²) in [5.74, 6) is 0.113. The third-order valence-corrected chi connectivity index (χ3v) is 8.11. The maximum atomic E-state index is 11.9. The van der Waals surface area contributed by atoms with Crippen molar-refractivity contribution in [3.8, 4) is 22.9 Å². The molecule has 2 aliphatic heterocycles. The Bertz CT molecular complexity index is 1680. The monoisotopic (exact) mass is 603 g/mol. The van der Waals surface area contributed by atoms with Gasteiger partial charge in [-0.25, -0.2) is 9.36 Å². The molecule has 0 aliphatic carbocycles. The van der Waals surface area contributed by atoms with Crippen LogP contribution < -0.4 is 9.47 Å². The zero-order chi connectivity index (χ0) is 31.0. The number of hydrogen-bond acceptors (Lipinski definition) is 8. The Morgan fingerprint density at radius 1 is 1.20 bits per heavy atom. The van der Waals surface area contributed by atoms with Crippen LogP contribution in [0.4, 0.5) is 0 Å². The smallest absolute Gasteiger partial charge is 0.325 e. The van der Waals surface area contributed by atoms with E-state index in [4.69, 9.17) is 19.3 Å². The van der Waals surface area contributed by atoms with Gasteiger partial charge in [-0.1, -0.05) is 13.0 Å². The second kappa shape index (κ2) is 12.4. The predicted molar refractivity (Wildman–Crippen MR) is 166 cm³/mol. The van der Waals surface area contributed by atoms with Crippen LogP contribution >= 0.6 is 0 Å². The Balaban J connectivity index is 1.57. The van der Waals surface area contributed by atoms with Crippen LogP contribution in [-0.4, -0.2) is 77.2 Å². The largest absolute Gasteiger partial charge is 0.480 e. The number of aryl methyl sites for hydroxylation is 1. The SMILES string of the molecule is CCN1Cc2c(c(OC(C)C)nn2CC(=O)O)/C=C/c2nn(C3CCCCO3)c3ccc(cc23)-c2cnn(C)c2O[C@@H](C)C1. The molecule has 12 nitrogen and oxygen atoms in total. The molecular weight excluding hydrogens is 562 g/mol. The number of ether oxygens (including phenoxy) is 3. The maximum Gasteiger partial charge on any atom is 0.325 e. The van der Waals surface area contributed by atoms with E-state index in [0.717, 1.165) is 64.8 Å². The number of aromatic nitrogens is 6. The van der Waals surface area contributed by atoms with Crippen molar-refractivity contribution in [1.29, 1.82) is 0 Å². The number of aliphatic carboxylic acids is 1. The van der Waals surface area contributed by atoms with E-state index >= 15 is 0 Å². The molecule has 0 radical (unpaired) electrons. The van der Waals surface area contributed by atoms with E-state index in [-0.39, 0.29) is 25.0 Å². The number of likely N-dealkylation sites (N-methyl/N-ethyl adjacent to an activating group) is 1. The molecule has 2 bridgehead atoms. The molecule has 44 heavy (non-hydrogen) atoms. The minimum absolute atomic E-state index is 0.144. The third kappa shape index (κ3) is 5.96. The average molecular weight is 604 g/mol. The topological polar surface area (TPSA) is 122 Å². The lowest BCUT2D eigenvalue weighted by molar-refractivity contribution is -0.138. The molecule has 2 atom stereocenters. The van der Waals surface area contributed by atoms with Crippen LogP contribution in [0.5, 0.6) is 11.8 Å². The van der Waals surface area contributed by atoms with Gasteiger partial charge in [-0.3, -0.25) is 14.4 Å². The van der Waals surface area contributed by atoms with Crippen molar-refractivity contribution in [3.05, 3.63) is 41.3 Å². The van der Waals surface area contributed by atoms with Gasteiger partial charge in [0.25, 0.3) is 0 Å². The van der Waals surface area contributed by atoms with Gasteiger partial charge in [0.15, 0.2) is 6.23 Å². The molecule has 4 aromatic rings. The Kier molecular flexibility index (Phi) is 8.46. The van der Waals surface area contributed by atoms with Crippen molar-refractivity contribution in [2.24, 2.45) is 7.05 Å². The number of nitrogens with zero attached hydrogens (tertiary/aromatic N) is 7. The fraction of sp³-hybridized carbons (Fsp3) is 0.500. The minimum atomic E-state index is -0.973. The third-order valence-electron chi connectivity index (χ3n) is 8.11. The lowest BCUT2D eigenvalue weighted by Gasteiger charge is -2.25. The summed E-state index contributed by atoms with van der Waals surface area (Å²) in [6.07, 6.45) is 8.33. The number of carboxylic acid groups (broad SMARTS) is 1. The van der Waals surface area contributed by atoms with Gasteiger partial charge < -0.3 is 19.3 Å². The lowest BCUT2D eigenvalue weighted by Crippen LogP contribution is -2.35. The molecule has 3 aromatic heterocycles. The molecule has 2 aliphatic rings. The number of benzene rings is 1. The molecule has 1 unspecified atom stereocenters. The summed E-state index contributed by atoms with van der Waals surface area (Å²) in [4.78, 5) is 14.1. The van der Waals surface area contributed by atoms with Gasteiger partial charge in [0.1, 0.15) is 12.6 Å². The maximum absolute atomic E-state index is 11.9. The second-order valence-electron chi connectivity index (χ2n) is 11.8. The highest BCUT2D eigenvalue weighted by molar-refractivity contribution is 5.93. The number of carboxylic acids is 1. The Hall–Kier alpha value is -4.16. The van der Waals surface area contributed by atoms with Crippen molar-refractivity contribution >= 4 is 29.0 Å². The predicted octanol–water partition coefficient (Wildman–Crippen LogP) is 4.98.